The summed E-state index contributed by atoms with van der Waals surface area (Å²) >= 11 is 0. The molecule has 2 N–H and O–H groups in total. The molecule has 0 aromatic heterocycles. The Morgan fingerprint density at radius 2 is 1.58 bits per heavy atom. The molecule has 0 spiro atoms. The van der Waals surface area contributed by atoms with Gasteiger partial charge in [-0.25, -0.2) is 13.6 Å². The normalized spacial score (nSPS) is 17.4. The number of fused-ring (bicyclic) bond motifs is 1. The molecule has 0 saturated carbocycles. The molecule has 1 atom stereocenters. The molecule has 11 heteroatoms. The molecule has 0 fully saturated rings. The summed E-state index contributed by atoms with van der Waals surface area (Å²) in [5, 5.41) is -1.35. The minimum absolute atomic E-state index is 0.0144. The number of sulfonamides is 1. The first-order valence-corrected chi connectivity index (χ1v) is 8.13. The highest BCUT2D eigenvalue weighted by atomic mass is 32.2. The van der Waals surface area contributed by atoms with E-state index in [2.05, 4.69) is 9.88 Å². The number of hydrogen-bond donors (Lipinski definition) is 1. The van der Waals surface area contributed by atoms with E-state index in [1.807, 2.05) is 0 Å². The molecule has 5 nitrogen and oxygen atoms in total. The second-order valence-electron chi connectivity index (χ2n) is 5.34. The SMILES string of the molecule is NS(=O)(=O)C(F)(F)C(OC(=O)C1Cc2ccccc2C1)C(F)(F)F. The summed E-state index contributed by atoms with van der Waals surface area (Å²) < 4.78 is 90.7. The van der Waals surface area contributed by atoms with Crippen molar-refractivity contribution in [3.63, 3.8) is 0 Å². The van der Waals surface area contributed by atoms with Crippen LogP contribution in [-0.4, -0.2) is 31.9 Å². The van der Waals surface area contributed by atoms with E-state index in [9.17, 15) is 35.2 Å². The molecule has 1 aromatic carbocycles. The van der Waals surface area contributed by atoms with Crippen LogP contribution in [0.2, 0.25) is 0 Å². The molecule has 0 radical (unpaired) electrons. The Labute approximate surface area is 133 Å². The lowest BCUT2D eigenvalue weighted by Crippen LogP contribution is -2.54. The standard InChI is InChI=1S/C13H12F5NO4S/c14-12(15,16)11(13(17,18)24(19,21)22)23-10(20)9-5-7-3-1-2-4-8(7)6-9/h1-4,9,11H,5-6H2,(H2,19,21,22). The highest BCUT2D eigenvalue weighted by Gasteiger charge is 2.65. The number of nitrogens with two attached hydrogens (primary N) is 1. The van der Waals surface area contributed by atoms with Crippen molar-refractivity contribution >= 4 is 16.0 Å². The van der Waals surface area contributed by atoms with Crippen LogP contribution in [-0.2, 0) is 32.4 Å². The van der Waals surface area contributed by atoms with E-state index in [1.165, 1.54) is 0 Å². The fraction of sp³-hybridized carbons (Fsp3) is 0.462. The molecule has 0 heterocycles. The van der Waals surface area contributed by atoms with Gasteiger partial charge in [0.2, 0.25) is 0 Å². The van der Waals surface area contributed by atoms with Gasteiger partial charge in [-0.1, -0.05) is 24.3 Å². The lowest BCUT2D eigenvalue weighted by Gasteiger charge is -2.27. The quantitative estimate of drug-likeness (QED) is 0.644. The summed E-state index contributed by atoms with van der Waals surface area (Å²) in [5.41, 5.74) is 1.36. The lowest BCUT2D eigenvalue weighted by atomic mass is 10.1. The number of rotatable bonds is 4. The third kappa shape index (κ3) is 3.51. The molecule has 2 rings (SSSR count). The summed E-state index contributed by atoms with van der Waals surface area (Å²) in [6, 6.07) is 6.59. The zero-order valence-corrected chi connectivity index (χ0v) is 12.7. The van der Waals surface area contributed by atoms with Crippen LogP contribution in [0.5, 0.6) is 0 Å². The predicted octanol–water partition coefficient (Wildman–Crippen LogP) is 1.76. The number of carbonyl (C=O) groups excluding carboxylic acids is 1. The van der Waals surface area contributed by atoms with Crippen molar-refractivity contribution in [2.24, 2.45) is 11.1 Å². The number of halogens is 5. The van der Waals surface area contributed by atoms with E-state index in [0.717, 1.165) is 0 Å². The Kier molecular flexibility index (Phi) is 4.61. The molecule has 0 bridgehead atoms. The van der Waals surface area contributed by atoms with Gasteiger partial charge in [0.25, 0.3) is 16.1 Å². The van der Waals surface area contributed by atoms with Crippen molar-refractivity contribution in [1.29, 1.82) is 0 Å². The second kappa shape index (κ2) is 5.96. The van der Waals surface area contributed by atoms with Crippen molar-refractivity contribution in [2.45, 2.75) is 30.4 Å². The van der Waals surface area contributed by atoms with E-state index < -0.39 is 39.4 Å². The van der Waals surface area contributed by atoms with E-state index >= 15 is 0 Å². The van der Waals surface area contributed by atoms with Crippen LogP contribution in [0.4, 0.5) is 22.0 Å². The van der Waals surface area contributed by atoms with Gasteiger partial charge in [-0.2, -0.15) is 22.0 Å². The Hall–Kier alpha value is -1.75. The third-order valence-electron chi connectivity index (χ3n) is 3.60. The highest BCUT2D eigenvalue weighted by Crippen LogP contribution is 2.38. The average Bonchev–Trinajstić information content (AvgIpc) is 2.85. The van der Waals surface area contributed by atoms with Crippen LogP contribution >= 0.6 is 0 Å². The zero-order chi connectivity index (χ0) is 18.3. The number of alkyl halides is 5. The Balaban J connectivity index is 2.21. The van der Waals surface area contributed by atoms with Crippen molar-refractivity contribution < 1.29 is 39.9 Å². The van der Waals surface area contributed by atoms with Gasteiger partial charge in [0, 0.05) is 0 Å². The first kappa shape index (κ1) is 18.6. The van der Waals surface area contributed by atoms with Crippen LogP contribution in [0.25, 0.3) is 0 Å². The number of ether oxygens (including phenoxy) is 1. The molecule has 0 saturated heterocycles. The molecular formula is C13H12F5NO4S. The first-order valence-electron chi connectivity index (χ1n) is 6.58. The number of benzene rings is 1. The Morgan fingerprint density at radius 1 is 1.12 bits per heavy atom. The van der Waals surface area contributed by atoms with Gasteiger partial charge >= 0.3 is 17.4 Å². The minimum Gasteiger partial charge on any atom is -0.445 e. The molecular weight excluding hydrogens is 361 g/mol. The fourth-order valence-electron chi connectivity index (χ4n) is 2.41. The Bertz CT molecular complexity index is 722. The smallest absolute Gasteiger partial charge is 0.432 e. The second-order valence-corrected chi connectivity index (χ2v) is 6.97. The summed E-state index contributed by atoms with van der Waals surface area (Å²) in [7, 11) is -5.94. The molecule has 1 aliphatic carbocycles. The summed E-state index contributed by atoms with van der Waals surface area (Å²) in [4.78, 5) is 11.9. The van der Waals surface area contributed by atoms with Gasteiger partial charge in [0.15, 0.2) is 0 Å². The maximum absolute atomic E-state index is 13.5. The maximum Gasteiger partial charge on any atom is 0.432 e. The molecule has 24 heavy (non-hydrogen) atoms. The van der Waals surface area contributed by atoms with E-state index in [0.29, 0.717) is 11.1 Å². The van der Waals surface area contributed by atoms with Gasteiger partial charge in [-0.05, 0) is 24.0 Å². The summed E-state index contributed by atoms with van der Waals surface area (Å²) in [5.74, 6) is -2.67. The summed E-state index contributed by atoms with van der Waals surface area (Å²) in [6.45, 7) is 0. The van der Waals surface area contributed by atoms with Crippen molar-refractivity contribution in [2.75, 3.05) is 0 Å². The van der Waals surface area contributed by atoms with Gasteiger partial charge in [0.05, 0.1) is 5.92 Å². The lowest BCUT2D eigenvalue weighted by molar-refractivity contribution is -0.259. The Morgan fingerprint density at radius 3 is 1.96 bits per heavy atom. The number of primary sulfonamides is 1. The topological polar surface area (TPSA) is 86.5 Å². The zero-order valence-electron chi connectivity index (χ0n) is 11.9. The molecule has 1 unspecified atom stereocenters. The fourth-order valence-corrected chi connectivity index (χ4v) is 2.89. The number of esters is 1. The van der Waals surface area contributed by atoms with Gasteiger partial charge in [-0.15, -0.1) is 0 Å². The van der Waals surface area contributed by atoms with Crippen LogP contribution in [0.15, 0.2) is 24.3 Å². The highest BCUT2D eigenvalue weighted by molar-refractivity contribution is 7.90. The summed E-state index contributed by atoms with van der Waals surface area (Å²) in [6.07, 6.45) is -9.95. The van der Waals surface area contributed by atoms with Crippen LogP contribution in [0.3, 0.4) is 0 Å². The van der Waals surface area contributed by atoms with Gasteiger partial charge in [0.1, 0.15) is 0 Å². The van der Waals surface area contributed by atoms with E-state index in [-0.39, 0.29) is 12.8 Å². The van der Waals surface area contributed by atoms with Crippen LogP contribution < -0.4 is 5.14 Å². The van der Waals surface area contributed by atoms with Crippen molar-refractivity contribution in [3.05, 3.63) is 35.4 Å². The monoisotopic (exact) mass is 373 g/mol. The van der Waals surface area contributed by atoms with E-state index in [4.69, 9.17) is 0 Å². The van der Waals surface area contributed by atoms with Crippen LogP contribution in [0, 0.1) is 5.92 Å². The van der Waals surface area contributed by atoms with Crippen molar-refractivity contribution in [1.82, 2.24) is 0 Å². The largest absolute Gasteiger partial charge is 0.445 e. The predicted molar refractivity (Wildman–Crippen MR) is 71.3 cm³/mol. The molecule has 134 valence electrons. The average molecular weight is 373 g/mol. The minimum atomic E-state index is -5.94. The molecule has 1 aromatic rings. The number of carbonyl (C=O) groups is 1. The van der Waals surface area contributed by atoms with Crippen molar-refractivity contribution in [3.8, 4) is 0 Å². The maximum atomic E-state index is 13.5. The van der Waals surface area contributed by atoms with Gasteiger partial charge in [-0.3, -0.25) is 4.79 Å². The third-order valence-corrected chi connectivity index (χ3v) is 4.57. The number of hydrogen-bond acceptors (Lipinski definition) is 4. The van der Waals surface area contributed by atoms with E-state index in [1.54, 1.807) is 24.3 Å². The molecule has 0 amide bonds. The van der Waals surface area contributed by atoms with Gasteiger partial charge < -0.3 is 4.74 Å². The van der Waals surface area contributed by atoms with Crippen LogP contribution in [0.1, 0.15) is 11.1 Å². The molecule has 0 aliphatic heterocycles. The first-order chi connectivity index (χ1) is 10.8. The molecule has 1 aliphatic rings.